The second kappa shape index (κ2) is 12.9. The molecule has 0 fully saturated rings. The maximum absolute atomic E-state index is 6.82. The minimum absolute atomic E-state index is 0.862. The first kappa shape index (κ1) is 32.4. The molecule has 0 aliphatic rings. The van der Waals surface area contributed by atoms with Gasteiger partial charge in [0, 0.05) is 66.1 Å². The minimum Gasteiger partial charge on any atom is -0.455 e. The van der Waals surface area contributed by atoms with Gasteiger partial charge in [-0.2, -0.15) is 0 Å². The van der Waals surface area contributed by atoms with E-state index in [1.54, 1.807) is 0 Å². The van der Waals surface area contributed by atoms with Crippen molar-refractivity contribution in [1.29, 1.82) is 0 Å². The Balaban J connectivity index is 1.08. The van der Waals surface area contributed by atoms with Crippen molar-refractivity contribution in [2.75, 3.05) is 4.90 Å². The van der Waals surface area contributed by atoms with E-state index in [1.807, 2.05) is 18.2 Å². The molecule has 4 nitrogen and oxygen atoms in total. The molecule has 0 aliphatic heterocycles. The molecule has 0 atom stereocenters. The second-order valence-corrected chi connectivity index (χ2v) is 14.9. The van der Waals surface area contributed by atoms with Crippen LogP contribution in [-0.2, 0) is 0 Å². The lowest BCUT2D eigenvalue weighted by Gasteiger charge is -2.26. The number of rotatable bonds is 6. The molecule has 0 N–H and O–H groups in total. The Morgan fingerprint density at radius 1 is 0.328 bits per heavy atom. The first-order valence-corrected chi connectivity index (χ1v) is 19.7. The van der Waals surface area contributed by atoms with Crippen LogP contribution >= 0.6 is 0 Å². The standard InChI is InChI=1S/C54H34N2O2/c1-2-15-36(16-3-1)55(37-31-29-35(30-32-37)39-22-14-23-45-43-20-7-12-27-51(43)57-53(39)45)38-33-46(54-47(34-38)44-21-8-13-28-52(44)58-54)42-19-6-11-26-50(42)56-48-24-9-4-17-40(48)41-18-5-10-25-49(41)56/h1-34H. The Morgan fingerprint density at radius 2 is 0.845 bits per heavy atom. The lowest BCUT2D eigenvalue weighted by atomic mass is 9.98. The highest BCUT2D eigenvalue weighted by Crippen LogP contribution is 2.46. The number of hydrogen-bond donors (Lipinski definition) is 0. The molecule has 0 aliphatic carbocycles. The molecule has 0 bridgehead atoms. The van der Waals surface area contributed by atoms with Crippen LogP contribution in [-0.4, -0.2) is 4.57 Å². The van der Waals surface area contributed by atoms with E-state index < -0.39 is 0 Å². The summed E-state index contributed by atoms with van der Waals surface area (Å²) < 4.78 is 15.7. The van der Waals surface area contributed by atoms with Crippen LogP contribution in [0.3, 0.4) is 0 Å². The molecule has 0 amide bonds. The average molecular weight is 743 g/mol. The van der Waals surface area contributed by atoms with E-state index >= 15 is 0 Å². The molecule has 9 aromatic carbocycles. The van der Waals surface area contributed by atoms with E-state index in [1.165, 1.54) is 10.8 Å². The van der Waals surface area contributed by atoms with Gasteiger partial charge in [-0.1, -0.05) is 140 Å². The molecule has 272 valence electrons. The van der Waals surface area contributed by atoms with Crippen molar-refractivity contribution in [2.24, 2.45) is 0 Å². The molecule has 0 saturated carbocycles. The predicted octanol–water partition coefficient (Wildman–Crippen LogP) is 15.4. The number of hydrogen-bond acceptors (Lipinski definition) is 3. The van der Waals surface area contributed by atoms with Crippen molar-refractivity contribution in [3.8, 4) is 27.9 Å². The lowest BCUT2D eigenvalue weighted by molar-refractivity contribution is 0.669. The Labute approximate surface area is 334 Å². The molecule has 4 heteroatoms. The number of nitrogens with zero attached hydrogens (tertiary/aromatic N) is 2. The third-order valence-electron chi connectivity index (χ3n) is 11.6. The van der Waals surface area contributed by atoms with Crippen LogP contribution in [0.15, 0.2) is 215 Å². The molecule has 0 unspecified atom stereocenters. The molecule has 12 aromatic rings. The van der Waals surface area contributed by atoms with Gasteiger partial charge in [0.2, 0.25) is 0 Å². The number of furan rings is 2. The molecule has 0 spiro atoms. The molecule has 0 radical (unpaired) electrons. The quantitative estimate of drug-likeness (QED) is 0.170. The highest BCUT2D eigenvalue weighted by molar-refractivity contribution is 6.14. The summed E-state index contributed by atoms with van der Waals surface area (Å²) in [5, 5.41) is 6.85. The highest BCUT2D eigenvalue weighted by Gasteiger charge is 2.23. The molecule has 12 rings (SSSR count). The van der Waals surface area contributed by atoms with Crippen LogP contribution < -0.4 is 4.90 Å². The maximum Gasteiger partial charge on any atom is 0.143 e. The van der Waals surface area contributed by atoms with Crippen LogP contribution in [0, 0.1) is 0 Å². The number of anilines is 3. The van der Waals surface area contributed by atoms with Crippen molar-refractivity contribution in [3.63, 3.8) is 0 Å². The van der Waals surface area contributed by atoms with Crippen molar-refractivity contribution in [1.82, 2.24) is 4.57 Å². The van der Waals surface area contributed by atoms with E-state index in [0.717, 1.165) is 99.9 Å². The summed E-state index contributed by atoms with van der Waals surface area (Å²) in [6.07, 6.45) is 0. The summed E-state index contributed by atoms with van der Waals surface area (Å²) in [5.41, 5.74) is 14.4. The zero-order valence-corrected chi connectivity index (χ0v) is 31.3. The second-order valence-electron chi connectivity index (χ2n) is 14.9. The van der Waals surface area contributed by atoms with Gasteiger partial charge >= 0.3 is 0 Å². The largest absolute Gasteiger partial charge is 0.455 e. The van der Waals surface area contributed by atoms with Crippen molar-refractivity contribution in [2.45, 2.75) is 0 Å². The molecule has 3 heterocycles. The van der Waals surface area contributed by atoms with E-state index in [2.05, 4.69) is 198 Å². The molecule has 0 saturated heterocycles. The average Bonchev–Trinajstić information content (AvgIpc) is 3.97. The fourth-order valence-corrected chi connectivity index (χ4v) is 9.01. The van der Waals surface area contributed by atoms with Crippen LogP contribution in [0.5, 0.6) is 0 Å². The van der Waals surface area contributed by atoms with Gasteiger partial charge in [0.25, 0.3) is 0 Å². The first-order chi connectivity index (χ1) is 28.8. The van der Waals surface area contributed by atoms with Gasteiger partial charge < -0.3 is 18.3 Å². The Kier molecular flexibility index (Phi) is 7.20. The summed E-state index contributed by atoms with van der Waals surface area (Å²) in [4.78, 5) is 2.35. The van der Waals surface area contributed by atoms with Crippen LogP contribution in [0.25, 0.3) is 93.6 Å². The highest BCUT2D eigenvalue weighted by atomic mass is 16.3. The van der Waals surface area contributed by atoms with Crippen LogP contribution in [0.4, 0.5) is 17.1 Å². The van der Waals surface area contributed by atoms with E-state index in [4.69, 9.17) is 8.83 Å². The minimum atomic E-state index is 0.862. The summed E-state index contributed by atoms with van der Waals surface area (Å²) in [6, 6.07) is 73.1. The third-order valence-corrected chi connectivity index (χ3v) is 11.6. The SMILES string of the molecule is c1ccc(N(c2ccc(-c3cccc4c3oc3ccccc34)cc2)c2cc(-c3ccccc3-n3c4ccccc4c4ccccc43)c3oc4ccccc4c3c2)cc1. The van der Waals surface area contributed by atoms with Crippen LogP contribution in [0.1, 0.15) is 0 Å². The van der Waals surface area contributed by atoms with Gasteiger partial charge in [-0.05, 0) is 72.3 Å². The van der Waals surface area contributed by atoms with Crippen molar-refractivity contribution >= 4 is 82.7 Å². The molecular weight excluding hydrogens is 709 g/mol. The predicted molar refractivity (Wildman–Crippen MR) is 241 cm³/mol. The third kappa shape index (κ3) is 4.95. The Bertz CT molecular complexity index is 3460. The summed E-state index contributed by atoms with van der Waals surface area (Å²) in [6.45, 7) is 0. The number of fused-ring (bicyclic) bond motifs is 9. The van der Waals surface area contributed by atoms with Gasteiger partial charge in [0.1, 0.15) is 22.3 Å². The first-order valence-electron chi connectivity index (χ1n) is 19.7. The topological polar surface area (TPSA) is 34.5 Å². The van der Waals surface area contributed by atoms with E-state index in [-0.39, 0.29) is 0 Å². The van der Waals surface area contributed by atoms with E-state index in [0.29, 0.717) is 0 Å². The summed E-state index contributed by atoms with van der Waals surface area (Å²) in [5.74, 6) is 0. The monoisotopic (exact) mass is 742 g/mol. The smallest absolute Gasteiger partial charge is 0.143 e. The zero-order chi connectivity index (χ0) is 38.2. The fraction of sp³-hybridized carbons (Fsp3) is 0. The normalized spacial score (nSPS) is 11.8. The fourth-order valence-electron chi connectivity index (χ4n) is 9.01. The lowest BCUT2D eigenvalue weighted by Crippen LogP contribution is -2.10. The van der Waals surface area contributed by atoms with Gasteiger partial charge in [0.05, 0.1) is 16.7 Å². The Morgan fingerprint density at radius 3 is 1.55 bits per heavy atom. The van der Waals surface area contributed by atoms with Gasteiger partial charge in [0.15, 0.2) is 0 Å². The number of aromatic nitrogens is 1. The van der Waals surface area contributed by atoms with Crippen molar-refractivity contribution < 1.29 is 8.83 Å². The van der Waals surface area contributed by atoms with Crippen molar-refractivity contribution in [3.05, 3.63) is 206 Å². The van der Waals surface area contributed by atoms with Gasteiger partial charge in [-0.3, -0.25) is 0 Å². The number of benzene rings is 9. The number of para-hydroxylation sites is 7. The Hall–Kier alpha value is -7.82. The summed E-state index contributed by atoms with van der Waals surface area (Å²) >= 11 is 0. The molecule has 58 heavy (non-hydrogen) atoms. The zero-order valence-electron chi connectivity index (χ0n) is 31.3. The molecular formula is C54H34N2O2. The van der Waals surface area contributed by atoms with Gasteiger partial charge in [-0.15, -0.1) is 0 Å². The van der Waals surface area contributed by atoms with Gasteiger partial charge in [-0.25, -0.2) is 0 Å². The van der Waals surface area contributed by atoms with E-state index in [9.17, 15) is 0 Å². The maximum atomic E-state index is 6.82. The summed E-state index contributed by atoms with van der Waals surface area (Å²) in [7, 11) is 0. The molecule has 3 aromatic heterocycles. The van der Waals surface area contributed by atoms with Crippen LogP contribution in [0.2, 0.25) is 0 Å².